The van der Waals surface area contributed by atoms with E-state index in [-0.39, 0.29) is 0 Å². The molecule has 1 aliphatic rings. The average Bonchev–Trinajstić information content (AvgIpc) is 3.10. The van der Waals surface area contributed by atoms with E-state index in [4.69, 9.17) is 11.6 Å². The molecule has 16 heavy (non-hydrogen) atoms. The predicted molar refractivity (Wildman–Crippen MR) is 71.4 cm³/mol. The summed E-state index contributed by atoms with van der Waals surface area (Å²) in [6.45, 7) is 5.61. The van der Waals surface area contributed by atoms with Crippen LogP contribution >= 0.6 is 11.6 Å². The summed E-state index contributed by atoms with van der Waals surface area (Å²) in [5, 5.41) is 0. The minimum atomic E-state index is 0.609. The summed E-state index contributed by atoms with van der Waals surface area (Å²) in [6.07, 6.45) is 3.93. The Morgan fingerprint density at radius 2 is 2.12 bits per heavy atom. The fraction of sp³-hybridized carbons (Fsp3) is 0.571. The van der Waals surface area contributed by atoms with Gasteiger partial charge < -0.3 is 4.90 Å². The van der Waals surface area contributed by atoms with Crippen molar-refractivity contribution in [3.63, 3.8) is 0 Å². The lowest BCUT2D eigenvalue weighted by Crippen LogP contribution is -2.27. The second-order valence-electron chi connectivity index (χ2n) is 4.68. The van der Waals surface area contributed by atoms with E-state index in [1.165, 1.54) is 42.6 Å². The van der Waals surface area contributed by atoms with E-state index in [0.717, 1.165) is 6.04 Å². The van der Waals surface area contributed by atoms with Gasteiger partial charge >= 0.3 is 0 Å². The molecule has 0 heterocycles. The normalized spacial score (nSPS) is 15.2. The van der Waals surface area contributed by atoms with E-state index in [0.29, 0.717) is 5.88 Å². The van der Waals surface area contributed by atoms with Crippen molar-refractivity contribution < 1.29 is 0 Å². The van der Waals surface area contributed by atoms with Gasteiger partial charge in [0.15, 0.2) is 0 Å². The van der Waals surface area contributed by atoms with E-state index in [2.05, 4.69) is 36.9 Å². The first-order valence-corrected chi connectivity index (χ1v) is 6.72. The van der Waals surface area contributed by atoms with Gasteiger partial charge in [0.2, 0.25) is 0 Å². The van der Waals surface area contributed by atoms with Crippen LogP contribution in [0.4, 0.5) is 5.69 Å². The summed E-state index contributed by atoms with van der Waals surface area (Å²) < 4.78 is 0. The van der Waals surface area contributed by atoms with Crippen LogP contribution < -0.4 is 4.90 Å². The smallest absolute Gasteiger partial charge is 0.0474 e. The van der Waals surface area contributed by atoms with Crippen LogP contribution in [-0.4, -0.2) is 12.6 Å². The molecule has 1 aromatic rings. The first-order chi connectivity index (χ1) is 7.76. The first kappa shape index (κ1) is 11.8. The van der Waals surface area contributed by atoms with Crippen molar-refractivity contribution in [2.75, 3.05) is 11.4 Å². The molecule has 1 aromatic carbocycles. The lowest BCUT2D eigenvalue weighted by atomic mass is 10.1. The quantitative estimate of drug-likeness (QED) is 0.697. The largest absolute Gasteiger partial charge is 0.368 e. The Morgan fingerprint density at radius 1 is 1.38 bits per heavy atom. The molecule has 1 aliphatic carbocycles. The number of halogens is 1. The topological polar surface area (TPSA) is 3.24 Å². The molecule has 0 spiro atoms. The lowest BCUT2D eigenvalue weighted by Gasteiger charge is -2.26. The van der Waals surface area contributed by atoms with Crippen LogP contribution in [-0.2, 0) is 5.88 Å². The number of hydrogen-bond donors (Lipinski definition) is 0. The molecule has 1 saturated carbocycles. The number of hydrogen-bond acceptors (Lipinski definition) is 1. The Kier molecular flexibility index (Phi) is 3.75. The second kappa shape index (κ2) is 5.09. The molecule has 0 unspecified atom stereocenters. The molecule has 0 amide bonds. The molecule has 0 saturated heterocycles. The zero-order valence-electron chi connectivity index (χ0n) is 10.2. The van der Waals surface area contributed by atoms with Crippen molar-refractivity contribution >= 4 is 17.3 Å². The molecule has 0 atom stereocenters. The van der Waals surface area contributed by atoms with Crippen LogP contribution in [0.25, 0.3) is 0 Å². The maximum Gasteiger partial charge on any atom is 0.0474 e. The molecule has 2 heteroatoms. The molecule has 0 aromatic heterocycles. The molecule has 1 fully saturated rings. The number of nitrogens with zero attached hydrogens (tertiary/aromatic N) is 1. The fourth-order valence-electron chi connectivity index (χ4n) is 2.25. The molecule has 2 rings (SSSR count). The number of aryl methyl sites for hydroxylation is 1. The minimum Gasteiger partial charge on any atom is -0.368 e. The lowest BCUT2D eigenvalue weighted by molar-refractivity contribution is 0.760. The van der Waals surface area contributed by atoms with Gasteiger partial charge in [-0.3, -0.25) is 0 Å². The van der Waals surface area contributed by atoms with Gasteiger partial charge in [0, 0.05) is 24.2 Å². The molecule has 0 bridgehead atoms. The fourth-order valence-corrected chi connectivity index (χ4v) is 2.42. The second-order valence-corrected chi connectivity index (χ2v) is 4.95. The summed E-state index contributed by atoms with van der Waals surface area (Å²) in [4.78, 5) is 2.56. The Balaban J connectivity index is 2.22. The number of alkyl halides is 1. The first-order valence-electron chi connectivity index (χ1n) is 6.18. The minimum absolute atomic E-state index is 0.609. The monoisotopic (exact) mass is 237 g/mol. The molecular weight excluding hydrogens is 218 g/mol. The summed E-state index contributed by atoms with van der Waals surface area (Å²) in [6, 6.07) is 7.40. The van der Waals surface area contributed by atoms with Gasteiger partial charge in [-0.25, -0.2) is 0 Å². The van der Waals surface area contributed by atoms with Crippen LogP contribution in [0.15, 0.2) is 18.2 Å². The molecule has 88 valence electrons. The highest BCUT2D eigenvalue weighted by Crippen LogP contribution is 2.33. The van der Waals surface area contributed by atoms with E-state index in [1.54, 1.807) is 0 Å². The third-order valence-corrected chi connectivity index (χ3v) is 3.49. The van der Waals surface area contributed by atoms with Gasteiger partial charge in [-0.15, -0.1) is 11.6 Å². The third kappa shape index (κ3) is 2.52. The van der Waals surface area contributed by atoms with Gasteiger partial charge in [0.25, 0.3) is 0 Å². The van der Waals surface area contributed by atoms with E-state index < -0.39 is 0 Å². The zero-order chi connectivity index (χ0) is 11.5. The summed E-state index contributed by atoms with van der Waals surface area (Å²) >= 11 is 5.85. The highest BCUT2D eigenvalue weighted by atomic mass is 35.5. The van der Waals surface area contributed by atoms with Crippen molar-refractivity contribution in [3.05, 3.63) is 29.3 Å². The molecular formula is C14H20ClN. The van der Waals surface area contributed by atoms with Crippen molar-refractivity contribution in [1.82, 2.24) is 0 Å². The van der Waals surface area contributed by atoms with Crippen LogP contribution in [0.3, 0.4) is 0 Å². The molecule has 0 aliphatic heterocycles. The molecule has 0 radical (unpaired) electrons. The van der Waals surface area contributed by atoms with Crippen molar-refractivity contribution in [2.45, 2.75) is 45.0 Å². The summed E-state index contributed by atoms with van der Waals surface area (Å²) in [5.74, 6) is 0.609. The third-order valence-electron chi connectivity index (χ3n) is 3.18. The van der Waals surface area contributed by atoms with Crippen molar-refractivity contribution in [1.29, 1.82) is 0 Å². The number of benzene rings is 1. The SMILES string of the molecule is CCCN(c1ccc(CCl)cc1C)C1CC1. The molecule has 1 nitrogen and oxygen atoms in total. The Bertz CT molecular complexity index is 358. The van der Waals surface area contributed by atoms with Crippen LogP contribution in [0.1, 0.15) is 37.3 Å². The van der Waals surface area contributed by atoms with E-state index in [9.17, 15) is 0 Å². The standard InChI is InChI=1S/C14H20ClN/c1-3-8-16(13-5-6-13)14-7-4-12(10-15)9-11(14)2/h4,7,9,13H,3,5-6,8,10H2,1-2H3. The number of anilines is 1. The van der Waals surface area contributed by atoms with Gasteiger partial charge in [0.1, 0.15) is 0 Å². The van der Waals surface area contributed by atoms with Gasteiger partial charge in [-0.1, -0.05) is 19.1 Å². The number of rotatable bonds is 5. The highest BCUT2D eigenvalue weighted by molar-refractivity contribution is 6.17. The zero-order valence-corrected chi connectivity index (χ0v) is 10.9. The average molecular weight is 238 g/mol. The van der Waals surface area contributed by atoms with E-state index in [1.807, 2.05) is 0 Å². The molecule has 0 N–H and O–H groups in total. The van der Waals surface area contributed by atoms with Gasteiger partial charge in [-0.05, 0) is 43.4 Å². The van der Waals surface area contributed by atoms with Gasteiger partial charge in [-0.2, -0.15) is 0 Å². The summed E-state index contributed by atoms with van der Waals surface area (Å²) in [7, 11) is 0. The highest BCUT2D eigenvalue weighted by Gasteiger charge is 2.29. The Labute approximate surface area is 103 Å². The predicted octanol–water partition coefficient (Wildman–Crippen LogP) is 4.11. The Hall–Kier alpha value is -0.690. The van der Waals surface area contributed by atoms with Crippen LogP contribution in [0.2, 0.25) is 0 Å². The van der Waals surface area contributed by atoms with Crippen LogP contribution in [0, 0.1) is 6.92 Å². The van der Waals surface area contributed by atoms with Crippen molar-refractivity contribution in [3.8, 4) is 0 Å². The van der Waals surface area contributed by atoms with Crippen molar-refractivity contribution in [2.24, 2.45) is 0 Å². The van der Waals surface area contributed by atoms with E-state index >= 15 is 0 Å². The summed E-state index contributed by atoms with van der Waals surface area (Å²) in [5.41, 5.74) is 3.98. The maximum absolute atomic E-state index is 5.85. The maximum atomic E-state index is 5.85. The Morgan fingerprint density at radius 3 is 2.62 bits per heavy atom. The van der Waals surface area contributed by atoms with Gasteiger partial charge in [0.05, 0.1) is 0 Å². The van der Waals surface area contributed by atoms with Crippen LogP contribution in [0.5, 0.6) is 0 Å².